The summed E-state index contributed by atoms with van der Waals surface area (Å²) < 4.78 is 26.2. The first-order chi connectivity index (χ1) is 15.6. The molecule has 0 amide bonds. The van der Waals surface area contributed by atoms with Crippen LogP contribution in [0.1, 0.15) is 13.3 Å². The third-order valence-electron chi connectivity index (χ3n) is 4.65. The van der Waals surface area contributed by atoms with Crippen LogP contribution in [0.4, 0.5) is 0 Å². The third kappa shape index (κ3) is 11.3. The average molecular weight is 468 g/mol. The maximum atomic E-state index is 11.6. The van der Waals surface area contributed by atoms with Crippen molar-refractivity contribution in [3.8, 4) is 0 Å². The summed E-state index contributed by atoms with van der Waals surface area (Å²) in [4.78, 5) is 46.3. The largest absolute Gasteiger partial charge is 0.462 e. The highest BCUT2D eigenvalue weighted by Gasteiger charge is 2.38. The maximum Gasteiger partial charge on any atom is 0.330 e. The minimum Gasteiger partial charge on any atom is -0.462 e. The van der Waals surface area contributed by atoms with Crippen molar-refractivity contribution in [2.24, 2.45) is 10.8 Å². The normalized spacial score (nSPS) is 12.4. The standard InChI is InChI=1S/C23H32O10/c1-6-18(25)30-14-22(10-5,11-24)12-29-13-23(15-31-19(26)7-2,16-32-20(27)8-3)17-33-21(28)9-4/h6-9,24H,1-4,10-17H2,5H3. The van der Waals surface area contributed by atoms with Gasteiger partial charge in [-0.3, -0.25) is 0 Å². The zero-order chi connectivity index (χ0) is 25.3. The highest BCUT2D eigenvalue weighted by atomic mass is 16.6. The molecule has 10 nitrogen and oxygen atoms in total. The number of ether oxygens (including phenoxy) is 5. The predicted molar refractivity (Wildman–Crippen MR) is 118 cm³/mol. The SMILES string of the molecule is C=CC(=O)OCC(CC)(CO)COCC(COC(=O)C=C)(COC(=O)C=C)COC(=O)C=C. The molecule has 0 aliphatic carbocycles. The Bertz CT molecular complexity index is 661. The van der Waals surface area contributed by atoms with E-state index in [4.69, 9.17) is 23.7 Å². The van der Waals surface area contributed by atoms with E-state index in [9.17, 15) is 24.3 Å². The molecule has 33 heavy (non-hydrogen) atoms. The van der Waals surface area contributed by atoms with Gasteiger partial charge in [-0.2, -0.15) is 0 Å². The van der Waals surface area contributed by atoms with Crippen LogP contribution in [0, 0.1) is 10.8 Å². The van der Waals surface area contributed by atoms with Gasteiger partial charge in [-0.25, -0.2) is 19.2 Å². The first-order valence-electron chi connectivity index (χ1n) is 10.0. The van der Waals surface area contributed by atoms with Crippen molar-refractivity contribution < 1.29 is 48.0 Å². The topological polar surface area (TPSA) is 135 Å². The fourth-order valence-electron chi connectivity index (χ4n) is 2.32. The van der Waals surface area contributed by atoms with Gasteiger partial charge in [-0.1, -0.05) is 33.2 Å². The zero-order valence-corrected chi connectivity index (χ0v) is 18.9. The third-order valence-corrected chi connectivity index (χ3v) is 4.65. The minimum atomic E-state index is -1.30. The smallest absolute Gasteiger partial charge is 0.330 e. The van der Waals surface area contributed by atoms with Crippen molar-refractivity contribution in [2.75, 3.05) is 46.2 Å². The van der Waals surface area contributed by atoms with Gasteiger partial charge in [-0.15, -0.1) is 0 Å². The summed E-state index contributed by atoms with van der Waals surface area (Å²) in [6, 6.07) is 0. The lowest BCUT2D eigenvalue weighted by molar-refractivity contribution is -0.164. The molecule has 184 valence electrons. The molecule has 0 aromatic rings. The quantitative estimate of drug-likeness (QED) is 0.178. The molecular formula is C23H32O10. The van der Waals surface area contributed by atoms with Crippen molar-refractivity contribution in [1.29, 1.82) is 0 Å². The van der Waals surface area contributed by atoms with Gasteiger partial charge in [0.15, 0.2) is 0 Å². The molecule has 0 fully saturated rings. The molecule has 0 aliphatic heterocycles. The van der Waals surface area contributed by atoms with E-state index in [0.29, 0.717) is 6.42 Å². The van der Waals surface area contributed by atoms with Gasteiger partial charge in [0, 0.05) is 24.3 Å². The summed E-state index contributed by atoms with van der Waals surface area (Å²) in [6.45, 7) is 13.2. The summed E-state index contributed by atoms with van der Waals surface area (Å²) in [5, 5.41) is 9.88. The second-order valence-electron chi connectivity index (χ2n) is 7.25. The fraction of sp³-hybridized carbons (Fsp3) is 0.478. The van der Waals surface area contributed by atoms with Crippen LogP contribution in [-0.4, -0.2) is 75.2 Å². The van der Waals surface area contributed by atoms with Crippen LogP contribution in [0.15, 0.2) is 50.6 Å². The summed E-state index contributed by atoms with van der Waals surface area (Å²) in [5.41, 5.74) is -2.24. The van der Waals surface area contributed by atoms with E-state index in [0.717, 1.165) is 24.3 Å². The van der Waals surface area contributed by atoms with Crippen molar-refractivity contribution in [3.63, 3.8) is 0 Å². The molecular weight excluding hydrogens is 436 g/mol. The van der Waals surface area contributed by atoms with Crippen LogP contribution in [0.3, 0.4) is 0 Å². The number of hydrogen-bond donors (Lipinski definition) is 1. The van der Waals surface area contributed by atoms with Crippen LogP contribution in [0.5, 0.6) is 0 Å². The molecule has 0 aromatic carbocycles. The van der Waals surface area contributed by atoms with E-state index in [-0.39, 0.29) is 46.2 Å². The minimum absolute atomic E-state index is 0.0770. The number of rotatable bonds is 18. The van der Waals surface area contributed by atoms with E-state index >= 15 is 0 Å². The highest BCUT2D eigenvalue weighted by Crippen LogP contribution is 2.26. The Hall–Kier alpha value is -3.24. The molecule has 1 unspecified atom stereocenters. The monoisotopic (exact) mass is 468 g/mol. The van der Waals surface area contributed by atoms with Crippen LogP contribution in [0.2, 0.25) is 0 Å². The second kappa shape index (κ2) is 15.5. The molecule has 0 saturated heterocycles. The molecule has 0 heterocycles. The molecule has 10 heteroatoms. The summed E-state index contributed by atoms with van der Waals surface area (Å²) in [7, 11) is 0. The first kappa shape index (κ1) is 29.8. The van der Waals surface area contributed by atoms with E-state index < -0.39 is 34.7 Å². The molecule has 1 N–H and O–H groups in total. The van der Waals surface area contributed by atoms with Crippen LogP contribution in [0.25, 0.3) is 0 Å². The van der Waals surface area contributed by atoms with Crippen molar-refractivity contribution in [2.45, 2.75) is 13.3 Å². The summed E-state index contributed by atoms with van der Waals surface area (Å²) in [6.07, 6.45) is 4.22. The molecule has 0 radical (unpaired) electrons. The zero-order valence-electron chi connectivity index (χ0n) is 18.9. The lowest BCUT2D eigenvalue weighted by atomic mass is 9.87. The van der Waals surface area contributed by atoms with Gasteiger partial charge >= 0.3 is 23.9 Å². The first-order valence-corrected chi connectivity index (χ1v) is 10.0. The van der Waals surface area contributed by atoms with Gasteiger partial charge in [0.25, 0.3) is 0 Å². The Labute approximate surface area is 193 Å². The average Bonchev–Trinajstić information content (AvgIpc) is 2.85. The number of hydrogen-bond acceptors (Lipinski definition) is 10. The van der Waals surface area contributed by atoms with Crippen LogP contribution >= 0.6 is 0 Å². The fourth-order valence-corrected chi connectivity index (χ4v) is 2.32. The number of carbonyl (C=O) groups excluding carboxylic acids is 4. The number of carbonyl (C=O) groups is 4. The molecule has 0 saturated carbocycles. The maximum absolute atomic E-state index is 11.6. The molecule has 0 rings (SSSR count). The predicted octanol–water partition coefficient (Wildman–Crippen LogP) is 1.29. The Morgan fingerprint density at radius 3 is 1.21 bits per heavy atom. The Morgan fingerprint density at radius 1 is 0.636 bits per heavy atom. The molecule has 0 spiro atoms. The van der Waals surface area contributed by atoms with E-state index in [1.807, 2.05) is 0 Å². The lowest BCUT2D eigenvalue weighted by Crippen LogP contribution is -2.45. The van der Waals surface area contributed by atoms with Gasteiger partial charge in [-0.05, 0) is 6.42 Å². The molecule has 0 bridgehead atoms. The molecule has 0 aliphatic rings. The van der Waals surface area contributed by atoms with Crippen LogP contribution in [-0.2, 0) is 42.9 Å². The molecule has 0 aromatic heterocycles. The van der Waals surface area contributed by atoms with E-state index in [2.05, 4.69) is 26.3 Å². The van der Waals surface area contributed by atoms with Crippen molar-refractivity contribution in [3.05, 3.63) is 50.6 Å². The van der Waals surface area contributed by atoms with Gasteiger partial charge < -0.3 is 28.8 Å². The molecule has 1 atom stereocenters. The van der Waals surface area contributed by atoms with Gasteiger partial charge in [0.05, 0.1) is 30.7 Å². The summed E-state index contributed by atoms with van der Waals surface area (Å²) in [5.74, 6) is -2.91. The van der Waals surface area contributed by atoms with Gasteiger partial charge in [0.1, 0.15) is 26.4 Å². The Balaban J connectivity index is 5.63. The number of esters is 4. The van der Waals surface area contributed by atoms with Crippen molar-refractivity contribution >= 4 is 23.9 Å². The Kier molecular flexibility index (Phi) is 14.0. The van der Waals surface area contributed by atoms with Crippen LogP contribution < -0.4 is 0 Å². The lowest BCUT2D eigenvalue weighted by Gasteiger charge is -2.34. The number of aliphatic hydroxyl groups is 1. The van der Waals surface area contributed by atoms with E-state index in [1.165, 1.54) is 0 Å². The van der Waals surface area contributed by atoms with Gasteiger partial charge in [0.2, 0.25) is 0 Å². The second-order valence-corrected chi connectivity index (χ2v) is 7.25. The Morgan fingerprint density at radius 2 is 0.939 bits per heavy atom. The highest BCUT2D eigenvalue weighted by molar-refractivity contribution is 5.82. The summed E-state index contributed by atoms with van der Waals surface area (Å²) >= 11 is 0. The number of aliphatic hydroxyl groups excluding tert-OH is 1. The van der Waals surface area contributed by atoms with Crippen molar-refractivity contribution in [1.82, 2.24) is 0 Å². The van der Waals surface area contributed by atoms with E-state index in [1.54, 1.807) is 6.92 Å².